The van der Waals surface area contributed by atoms with Crippen LogP contribution in [0.25, 0.3) is 0 Å². The second kappa shape index (κ2) is 54.0. The molecule has 26 heteroatoms. The highest BCUT2D eigenvalue weighted by molar-refractivity contribution is 5.87. The zero-order valence-corrected chi connectivity index (χ0v) is 64.7. The number of carbonyl (C=O) groups excluding carboxylic acids is 5. The maximum absolute atomic E-state index is 12.1. The first kappa shape index (κ1) is 96.4. The number of carboxylic acid groups (broad SMARTS) is 6. The Labute approximate surface area is 626 Å². The number of amides is 3. The normalized spacial score (nSPS) is 12.1. The molecule has 4 rings (SSSR count). The predicted molar refractivity (Wildman–Crippen MR) is 408 cm³/mol. The van der Waals surface area contributed by atoms with Gasteiger partial charge in [-0.05, 0) is 128 Å². The summed E-state index contributed by atoms with van der Waals surface area (Å²) in [5.41, 5.74) is 9.23. The molecule has 26 nitrogen and oxygen atoms in total. The standard InChI is InChI=1S/2C21H30N2O5.2C15H21NO4.C8H17NO/c2*1-5-16(4)18-8-6-17(7-9-18)12-23(14-20(25)26)13-19(24)22-10-11-28-21(27)15(2)3;2*1-3-11(2)13-6-4-12(5-7-13)8-16(9-14(17)18)10-15(19)20;1-5-7(4)8(10)9-6(2)3/h2*6-9,16H,2,5,10-14H2,1,3-4H3,(H,22,24)(H,25,26);2*4-7,11H,3,8-10H2,1-2H3,(H,17,18)(H,19,20);6-7H,5H2,1-4H3,(H,9,10). The molecule has 0 fully saturated rings. The van der Waals surface area contributed by atoms with Crippen molar-refractivity contribution in [3.8, 4) is 0 Å². The number of aliphatic carboxylic acids is 6. The smallest absolute Gasteiger partial charge is 0.333 e. The summed E-state index contributed by atoms with van der Waals surface area (Å²) in [6, 6.07) is 32.1. The lowest BCUT2D eigenvalue weighted by molar-refractivity contribution is -0.144. The fourth-order valence-electron chi connectivity index (χ4n) is 9.65. The first-order valence-electron chi connectivity index (χ1n) is 35.9. The van der Waals surface area contributed by atoms with Crippen molar-refractivity contribution in [3.63, 3.8) is 0 Å². The van der Waals surface area contributed by atoms with Crippen molar-refractivity contribution >= 4 is 65.5 Å². The highest BCUT2D eigenvalue weighted by atomic mass is 16.5. The van der Waals surface area contributed by atoms with E-state index in [1.165, 1.54) is 32.1 Å². The van der Waals surface area contributed by atoms with Crippen LogP contribution in [0.5, 0.6) is 0 Å². The fraction of sp³-hybridized carbons (Fsp3) is 0.512. The van der Waals surface area contributed by atoms with Gasteiger partial charge >= 0.3 is 47.8 Å². The van der Waals surface area contributed by atoms with Crippen LogP contribution >= 0.6 is 0 Å². The number of benzene rings is 4. The van der Waals surface area contributed by atoms with Crippen LogP contribution in [0.2, 0.25) is 0 Å². The number of ether oxygens (including phenoxy) is 2. The van der Waals surface area contributed by atoms with Gasteiger partial charge in [-0.3, -0.25) is 62.8 Å². The predicted octanol–water partition coefficient (Wildman–Crippen LogP) is 10.5. The van der Waals surface area contributed by atoms with Gasteiger partial charge in [0.25, 0.3) is 0 Å². The maximum Gasteiger partial charge on any atom is 0.333 e. The minimum absolute atomic E-state index is 0.0352. The second-order valence-corrected chi connectivity index (χ2v) is 26.7. The van der Waals surface area contributed by atoms with E-state index in [4.69, 9.17) is 40.1 Å². The van der Waals surface area contributed by atoms with E-state index in [2.05, 4.69) is 84.5 Å². The third-order valence-electron chi connectivity index (χ3n) is 16.7. The lowest BCUT2D eigenvalue weighted by atomic mass is 9.97. The summed E-state index contributed by atoms with van der Waals surface area (Å²) in [6.07, 6.45) is 5.13. The minimum Gasteiger partial charge on any atom is -0.480 e. The average molecular weight is 1480 g/mol. The number of nitrogens with one attached hydrogen (secondary N) is 3. The van der Waals surface area contributed by atoms with Gasteiger partial charge in [0.05, 0.1) is 65.4 Å². The van der Waals surface area contributed by atoms with Crippen LogP contribution in [0.1, 0.15) is 197 Å². The van der Waals surface area contributed by atoms with Gasteiger partial charge in [0.1, 0.15) is 13.2 Å². The molecule has 0 aromatic heterocycles. The van der Waals surface area contributed by atoms with Crippen molar-refractivity contribution in [2.75, 3.05) is 78.7 Å². The molecule has 3 amide bonds. The van der Waals surface area contributed by atoms with Crippen LogP contribution in [0.15, 0.2) is 121 Å². The molecule has 0 aliphatic rings. The summed E-state index contributed by atoms with van der Waals surface area (Å²) in [4.78, 5) is 129. The van der Waals surface area contributed by atoms with Gasteiger partial charge in [-0.15, -0.1) is 0 Å². The van der Waals surface area contributed by atoms with E-state index in [9.17, 15) is 52.7 Å². The average Bonchev–Trinajstić information content (AvgIpc) is 0.891. The number of esters is 2. The highest BCUT2D eigenvalue weighted by Crippen LogP contribution is 2.23. The maximum atomic E-state index is 12.1. The molecule has 9 N–H and O–H groups in total. The van der Waals surface area contributed by atoms with Crippen molar-refractivity contribution in [1.82, 2.24) is 35.6 Å². The Morgan fingerprint density at radius 1 is 0.358 bits per heavy atom. The van der Waals surface area contributed by atoms with E-state index in [-0.39, 0.29) is 108 Å². The van der Waals surface area contributed by atoms with Crippen molar-refractivity contribution < 1.29 is 92.9 Å². The van der Waals surface area contributed by atoms with E-state index in [0.29, 0.717) is 61.0 Å². The first-order valence-corrected chi connectivity index (χ1v) is 35.9. The largest absolute Gasteiger partial charge is 0.480 e. The van der Waals surface area contributed by atoms with Crippen molar-refractivity contribution in [2.45, 2.75) is 185 Å². The van der Waals surface area contributed by atoms with E-state index < -0.39 is 47.8 Å². The Bertz CT molecular complexity index is 3120. The summed E-state index contributed by atoms with van der Waals surface area (Å²) in [7, 11) is 0. The highest BCUT2D eigenvalue weighted by Gasteiger charge is 2.20. The van der Waals surface area contributed by atoms with Crippen LogP contribution in [-0.2, 0) is 88.4 Å². The molecular formula is C80H119N7O19. The minimum atomic E-state index is -1.03. The number of rotatable bonds is 43. The first-order chi connectivity index (χ1) is 49.9. The Morgan fingerprint density at radius 3 is 0.755 bits per heavy atom. The monoisotopic (exact) mass is 1480 g/mol. The second-order valence-electron chi connectivity index (χ2n) is 26.7. The molecular weight excluding hydrogens is 1360 g/mol. The Hall–Kier alpha value is -9.63. The third-order valence-corrected chi connectivity index (χ3v) is 16.7. The van der Waals surface area contributed by atoms with Gasteiger partial charge in [0.15, 0.2) is 0 Å². The fourth-order valence-corrected chi connectivity index (χ4v) is 9.65. The van der Waals surface area contributed by atoms with Crippen molar-refractivity contribution in [1.29, 1.82) is 0 Å². The number of carboxylic acids is 6. The molecule has 5 unspecified atom stereocenters. The number of hydrogen-bond acceptors (Lipinski definition) is 17. The van der Waals surface area contributed by atoms with Gasteiger partial charge in [0.2, 0.25) is 17.7 Å². The molecule has 0 aliphatic carbocycles. The Morgan fingerprint density at radius 2 is 0.575 bits per heavy atom. The molecule has 4 aromatic rings. The zero-order chi connectivity index (χ0) is 80.6. The van der Waals surface area contributed by atoms with E-state index in [1.54, 1.807) is 23.6 Å². The van der Waals surface area contributed by atoms with Crippen LogP contribution in [-0.4, -0.2) is 200 Å². The molecule has 0 bridgehead atoms. The SMILES string of the molecule is C=C(C)C(=O)OCCNC(=O)CN(CC(=O)O)Cc1ccc(C(C)CC)cc1.C=C(C)C(=O)OCCNC(=O)CN(CC(=O)O)Cc1ccc(C(C)CC)cc1.CCC(C)C(=O)NC(C)C.CCC(C)c1ccc(CN(CC(=O)O)CC(=O)O)cc1.CCC(C)c1ccc(CN(CC(=O)O)CC(=O)O)cc1. The number of hydrogen-bond donors (Lipinski definition) is 9. The molecule has 0 radical (unpaired) electrons. The lowest BCUT2D eigenvalue weighted by Gasteiger charge is -2.20. The lowest BCUT2D eigenvalue weighted by Crippen LogP contribution is -2.40. The molecule has 106 heavy (non-hydrogen) atoms. The molecule has 0 saturated heterocycles. The topological polar surface area (TPSA) is 377 Å². The van der Waals surface area contributed by atoms with Gasteiger partial charge in [0, 0.05) is 49.3 Å². The number of nitrogens with zero attached hydrogens (tertiary/aromatic N) is 4. The number of carbonyl (C=O) groups is 11. The summed E-state index contributed by atoms with van der Waals surface area (Å²) in [5.74, 6) is -5.56. The third kappa shape index (κ3) is 45.6. The van der Waals surface area contributed by atoms with Crippen LogP contribution in [0, 0.1) is 5.92 Å². The van der Waals surface area contributed by atoms with E-state index in [0.717, 1.165) is 54.4 Å². The molecule has 5 atom stereocenters. The summed E-state index contributed by atoms with van der Waals surface area (Å²) in [5, 5.41) is 61.5. The molecule has 4 aromatic carbocycles. The van der Waals surface area contributed by atoms with Gasteiger partial charge in [-0.2, -0.15) is 0 Å². The molecule has 0 spiro atoms. The Kier molecular flexibility index (Phi) is 49.1. The Balaban J connectivity index is 0.00000134. The summed E-state index contributed by atoms with van der Waals surface area (Å²) >= 11 is 0. The van der Waals surface area contributed by atoms with E-state index >= 15 is 0 Å². The van der Waals surface area contributed by atoms with Crippen molar-refractivity contribution in [3.05, 3.63) is 166 Å². The van der Waals surface area contributed by atoms with Crippen LogP contribution in [0.4, 0.5) is 0 Å². The zero-order valence-electron chi connectivity index (χ0n) is 64.7. The molecule has 0 aliphatic heterocycles. The molecule has 0 saturated carbocycles. The van der Waals surface area contributed by atoms with Gasteiger partial charge in [-0.25, -0.2) is 9.59 Å². The van der Waals surface area contributed by atoms with Crippen LogP contribution < -0.4 is 16.0 Å². The van der Waals surface area contributed by atoms with E-state index in [1.807, 2.05) is 125 Å². The molecule has 588 valence electrons. The molecule has 0 heterocycles. The summed E-state index contributed by atoms with van der Waals surface area (Å²) < 4.78 is 9.80. The summed E-state index contributed by atoms with van der Waals surface area (Å²) in [6.45, 7) is 35.0. The quantitative estimate of drug-likeness (QED) is 0.0113. The van der Waals surface area contributed by atoms with Gasteiger partial charge in [-0.1, -0.05) is 179 Å². The van der Waals surface area contributed by atoms with Crippen LogP contribution in [0.3, 0.4) is 0 Å². The van der Waals surface area contributed by atoms with Crippen molar-refractivity contribution in [2.24, 2.45) is 5.92 Å². The van der Waals surface area contributed by atoms with Gasteiger partial charge < -0.3 is 56.1 Å².